The van der Waals surface area contributed by atoms with Crippen molar-refractivity contribution < 1.29 is 26.7 Å². The molecule has 11 heteroatoms. The SMILES string of the molecule is O=C(Cn1nc(C(F)(F)F)c2c1CCCC2)N[C@@H](Cc1cc(F)cc(F)c1)c1ncccc1Br. The van der Waals surface area contributed by atoms with Crippen LogP contribution in [0.15, 0.2) is 41.0 Å². The minimum absolute atomic E-state index is 0.0149. The lowest BCUT2D eigenvalue weighted by Crippen LogP contribution is -2.34. The second-order valence-corrected chi connectivity index (χ2v) is 8.96. The van der Waals surface area contributed by atoms with Crippen LogP contribution in [0.5, 0.6) is 0 Å². The quantitative estimate of drug-likeness (QED) is 0.429. The third-order valence-electron chi connectivity index (χ3n) is 5.63. The predicted molar refractivity (Wildman–Crippen MR) is 117 cm³/mol. The van der Waals surface area contributed by atoms with Gasteiger partial charge in [0.2, 0.25) is 5.91 Å². The van der Waals surface area contributed by atoms with Gasteiger partial charge in [-0.15, -0.1) is 0 Å². The number of carbonyl (C=O) groups excluding carboxylic acids is 1. The Morgan fingerprint density at radius 2 is 1.85 bits per heavy atom. The van der Waals surface area contributed by atoms with E-state index in [9.17, 15) is 26.7 Å². The summed E-state index contributed by atoms with van der Waals surface area (Å²) in [6.45, 7) is -0.420. The van der Waals surface area contributed by atoms with Gasteiger partial charge in [-0.25, -0.2) is 8.78 Å². The third-order valence-corrected chi connectivity index (χ3v) is 6.30. The van der Waals surface area contributed by atoms with Gasteiger partial charge in [-0.2, -0.15) is 18.3 Å². The maximum Gasteiger partial charge on any atom is 0.435 e. The number of pyridine rings is 1. The van der Waals surface area contributed by atoms with Gasteiger partial charge in [0.1, 0.15) is 18.2 Å². The van der Waals surface area contributed by atoms with Crippen LogP contribution >= 0.6 is 15.9 Å². The second kappa shape index (κ2) is 9.81. The fraction of sp³-hybridized carbons (Fsp3) is 0.348. The van der Waals surface area contributed by atoms with E-state index in [1.165, 1.54) is 6.20 Å². The molecule has 0 fully saturated rings. The van der Waals surface area contributed by atoms with Gasteiger partial charge < -0.3 is 5.32 Å². The summed E-state index contributed by atoms with van der Waals surface area (Å²) < 4.78 is 69.5. The Labute approximate surface area is 200 Å². The predicted octanol–water partition coefficient (Wildman–Crippen LogP) is 5.32. The largest absolute Gasteiger partial charge is 0.435 e. The maximum absolute atomic E-state index is 13.7. The number of halogens is 6. The number of hydrogen-bond acceptors (Lipinski definition) is 3. The molecule has 2 aromatic heterocycles. The summed E-state index contributed by atoms with van der Waals surface area (Å²) in [4.78, 5) is 17.2. The highest BCUT2D eigenvalue weighted by atomic mass is 79.9. The fourth-order valence-corrected chi connectivity index (χ4v) is 4.77. The average Bonchev–Trinajstić information content (AvgIpc) is 3.12. The molecular formula is C23H20BrF5N4O. The Hall–Kier alpha value is -2.82. The number of fused-ring (bicyclic) bond motifs is 1. The van der Waals surface area contributed by atoms with Gasteiger partial charge >= 0.3 is 6.18 Å². The van der Waals surface area contributed by atoms with Crippen molar-refractivity contribution in [1.29, 1.82) is 0 Å². The zero-order valence-electron chi connectivity index (χ0n) is 17.8. The standard InChI is InChI=1S/C23H20BrF5N4O/c24-17-5-3-7-30-21(17)18(10-13-8-14(25)11-15(26)9-13)31-20(34)12-33-19-6-2-1-4-16(19)22(32-33)23(27,28)29/h3,5,7-9,11,18H,1-2,4,6,10,12H2,(H,31,34)/t18-/m0/s1. The van der Waals surface area contributed by atoms with E-state index in [-0.39, 0.29) is 24.0 Å². The van der Waals surface area contributed by atoms with Gasteiger partial charge in [-0.1, -0.05) is 0 Å². The molecule has 2 heterocycles. The van der Waals surface area contributed by atoms with Crippen molar-refractivity contribution >= 4 is 21.8 Å². The highest BCUT2D eigenvalue weighted by Crippen LogP contribution is 2.36. The van der Waals surface area contributed by atoms with Crippen molar-refractivity contribution in [2.75, 3.05) is 0 Å². The van der Waals surface area contributed by atoms with Crippen molar-refractivity contribution in [3.05, 3.63) is 80.8 Å². The Morgan fingerprint density at radius 1 is 1.15 bits per heavy atom. The second-order valence-electron chi connectivity index (χ2n) is 8.11. The van der Waals surface area contributed by atoms with Crippen molar-refractivity contribution in [2.24, 2.45) is 0 Å². The van der Waals surface area contributed by atoms with E-state index in [0.717, 1.165) is 22.9 Å². The molecule has 1 aliphatic carbocycles. The van der Waals surface area contributed by atoms with Gasteiger partial charge in [0.25, 0.3) is 0 Å². The third kappa shape index (κ3) is 5.45. The molecule has 1 aromatic carbocycles. The summed E-state index contributed by atoms with van der Waals surface area (Å²) in [6.07, 6.45) is -1.07. The van der Waals surface area contributed by atoms with Crippen LogP contribution in [0.4, 0.5) is 22.0 Å². The number of carbonyl (C=O) groups is 1. The number of nitrogens with zero attached hydrogens (tertiary/aromatic N) is 3. The molecule has 4 rings (SSSR count). The summed E-state index contributed by atoms with van der Waals surface area (Å²) in [7, 11) is 0. The zero-order valence-corrected chi connectivity index (χ0v) is 19.4. The molecule has 1 amide bonds. The smallest absolute Gasteiger partial charge is 0.346 e. The van der Waals surface area contributed by atoms with Gasteiger partial charge in [0.05, 0.1) is 11.7 Å². The monoisotopic (exact) mass is 542 g/mol. The van der Waals surface area contributed by atoms with E-state index in [1.54, 1.807) is 12.1 Å². The van der Waals surface area contributed by atoms with Gasteiger partial charge in [0.15, 0.2) is 5.69 Å². The molecule has 1 aliphatic rings. The Balaban J connectivity index is 1.60. The van der Waals surface area contributed by atoms with Crippen molar-refractivity contribution in [3.63, 3.8) is 0 Å². The maximum atomic E-state index is 13.7. The number of rotatable bonds is 6. The number of amides is 1. The van der Waals surface area contributed by atoms with Crippen LogP contribution in [-0.2, 0) is 36.8 Å². The molecule has 1 atom stereocenters. The molecule has 0 aliphatic heterocycles. The van der Waals surface area contributed by atoms with Crippen LogP contribution in [0.3, 0.4) is 0 Å². The number of hydrogen-bond donors (Lipinski definition) is 1. The van der Waals surface area contributed by atoms with Crippen molar-refractivity contribution in [3.8, 4) is 0 Å². The van der Waals surface area contributed by atoms with Crippen LogP contribution in [0, 0.1) is 11.6 Å². The van der Waals surface area contributed by atoms with E-state index >= 15 is 0 Å². The molecule has 0 saturated heterocycles. The number of benzene rings is 1. The van der Waals surface area contributed by atoms with Crippen LogP contribution in [0.1, 0.15) is 47.1 Å². The molecule has 0 bridgehead atoms. The van der Waals surface area contributed by atoms with Crippen molar-refractivity contribution in [2.45, 2.75) is 50.9 Å². The summed E-state index contributed by atoms with van der Waals surface area (Å²) in [5.41, 5.74) is 0.312. The number of alkyl halides is 3. The summed E-state index contributed by atoms with van der Waals surface area (Å²) in [5, 5.41) is 6.46. The minimum atomic E-state index is -4.61. The average molecular weight is 543 g/mol. The molecule has 0 radical (unpaired) electrons. The molecule has 3 aromatic rings. The first-order chi connectivity index (χ1) is 16.1. The van der Waals surface area contributed by atoms with Crippen LogP contribution in [0.25, 0.3) is 0 Å². The first kappa shape index (κ1) is 24.3. The van der Waals surface area contributed by atoms with Crippen LogP contribution in [-0.4, -0.2) is 20.7 Å². The first-order valence-electron chi connectivity index (χ1n) is 10.6. The fourth-order valence-electron chi connectivity index (χ4n) is 4.24. The minimum Gasteiger partial charge on any atom is -0.346 e. The van der Waals surface area contributed by atoms with Gasteiger partial charge in [-0.3, -0.25) is 14.5 Å². The lowest BCUT2D eigenvalue weighted by atomic mass is 9.95. The molecule has 180 valence electrons. The number of aromatic nitrogens is 3. The van der Waals surface area contributed by atoms with Crippen LogP contribution in [0.2, 0.25) is 0 Å². The molecular weight excluding hydrogens is 523 g/mol. The van der Waals surface area contributed by atoms with Crippen molar-refractivity contribution in [1.82, 2.24) is 20.1 Å². The highest BCUT2D eigenvalue weighted by molar-refractivity contribution is 9.10. The van der Waals surface area contributed by atoms with E-state index in [0.29, 0.717) is 35.1 Å². The summed E-state index contributed by atoms with van der Waals surface area (Å²) in [6, 6.07) is 5.62. The summed E-state index contributed by atoms with van der Waals surface area (Å²) >= 11 is 3.37. The summed E-state index contributed by atoms with van der Waals surface area (Å²) in [5.74, 6) is -2.12. The Morgan fingerprint density at radius 3 is 2.53 bits per heavy atom. The zero-order chi connectivity index (χ0) is 24.5. The van der Waals surface area contributed by atoms with E-state index in [2.05, 4.69) is 31.3 Å². The molecule has 0 spiro atoms. The van der Waals surface area contributed by atoms with Gasteiger partial charge in [0, 0.05) is 28.0 Å². The Bertz CT molecular complexity index is 1190. The van der Waals surface area contributed by atoms with Crippen LogP contribution < -0.4 is 5.32 Å². The lowest BCUT2D eigenvalue weighted by molar-refractivity contribution is -0.142. The normalized spacial score (nSPS) is 14.5. The first-order valence-corrected chi connectivity index (χ1v) is 11.4. The number of nitrogens with one attached hydrogen (secondary N) is 1. The van der Waals surface area contributed by atoms with Gasteiger partial charge in [-0.05, 0) is 77.9 Å². The highest BCUT2D eigenvalue weighted by Gasteiger charge is 2.39. The molecule has 1 N–H and O–H groups in total. The Kier molecular flexibility index (Phi) is 7.01. The van der Waals surface area contributed by atoms with E-state index in [4.69, 9.17) is 0 Å². The molecule has 0 saturated carbocycles. The van der Waals surface area contributed by atoms with E-state index < -0.39 is 42.0 Å². The molecule has 34 heavy (non-hydrogen) atoms. The molecule has 5 nitrogen and oxygen atoms in total. The molecule has 0 unspecified atom stereocenters. The lowest BCUT2D eigenvalue weighted by Gasteiger charge is -2.20. The van der Waals surface area contributed by atoms with E-state index in [1.807, 2.05) is 0 Å². The topological polar surface area (TPSA) is 59.8 Å².